The van der Waals surface area contributed by atoms with Crippen LogP contribution in [0.15, 0.2) is 24.7 Å². The predicted octanol–water partition coefficient (Wildman–Crippen LogP) is 1.27. The van der Waals surface area contributed by atoms with E-state index in [0.717, 1.165) is 11.6 Å². The van der Waals surface area contributed by atoms with Crippen LogP contribution in [0.4, 0.5) is 0 Å². The van der Waals surface area contributed by atoms with Gasteiger partial charge in [0.15, 0.2) is 5.65 Å². The summed E-state index contributed by atoms with van der Waals surface area (Å²) in [7, 11) is 0. The molecule has 2 aliphatic rings. The molecule has 1 spiro atoms. The standard InChI is InChI=1S/C13H16N4/c1-2-12-15-9-16-17(12)6-10(1)3-11-4-13(5-11)7-14-8-13/h1-2,6,9,11,14H,3-5,7-8H2. The number of nitrogens with one attached hydrogen (secondary N) is 1. The van der Waals surface area contributed by atoms with Crippen molar-refractivity contribution in [3.8, 4) is 0 Å². The van der Waals surface area contributed by atoms with Crippen LogP contribution in [0, 0.1) is 11.3 Å². The van der Waals surface area contributed by atoms with E-state index in [0.29, 0.717) is 5.41 Å². The van der Waals surface area contributed by atoms with Crippen LogP contribution in [0.5, 0.6) is 0 Å². The van der Waals surface area contributed by atoms with Gasteiger partial charge in [-0.15, -0.1) is 0 Å². The van der Waals surface area contributed by atoms with Crippen LogP contribution >= 0.6 is 0 Å². The molecular formula is C13H16N4. The van der Waals surface area contributed by atoms with Crippen LogP contribution < -0.4 is 5.32 Å². The lowest BCUT2D eigenvalue weighted by molar-refractivity contribution is 0.000850. The molecule has 0 bridgehead atoms. The van der Waals surface area contributed by atoms with E-state index >= 15 is 0 Å². The van der Waals surface area contributed by atoms with Gasteiger partial charge in [0, 0.05) is 19.3 Å². The Bertz CT molecular complexity index is 547. The zero-order valence-electron chi connectivity index (χ0n) is 9.76. The van der Waals surface area contributed by atoms with E-state index in [2.05, 4.69) is 33.7 Å². The highest BCUT2D eigenvalue weighted by molar-refractivity contribution is 5.37. The quantitative estimate of drug-likeness (QED) is 0.841. The lowest BCUT2D eigenvalue weighted by atomic mass is 9.57. The highest BCUT2D eigenvalue weighted by Crippen LogP contribution is 2.49. The van der Waals surface area contributed by atoms with Gasteiger partial charge in [-0.05, 0) is 42.2 Å². The first-order chi connectivity index (χ1) is 8.33. The number of fused-ring (bicyclic) bond motifs is 1. The van der Waals surface area contributed by atoms with Crippen molar-refractivity contribution in [2.45, 2.75) is 19.3 Å². The first kappa shape index (κ1) is 9.59. The zero-order valence-corrected chi connectivity index (χ0v) is 9.76. The molecule has 0 amide bonds. The third-order valence-corrected chi connectivity index (χ3v) is 4.30. The summed E-state index contributed by atoms with van der Waals surface area (Å²) < 4.78 is 1.87. The molecule has 1 saturated heterocycles. The molecule has 3 heterocycles. The molecular weight excluding hydrogens is 212 g/mol. The largest absolute Gasteiger partial charge is 0.316 e. The van der Waals surface area contributed by atoms with Gasteiger partial charge in [-0.3, -0.25) is 0 Å². The van der Waals surface area contributed by atoms with E-state index < -0.39 is 0 Å². The summed E-state index contributed by atoms with van der Waals surface area (Å²) in [5.41, 5.74) is 3.00. The smallest absolute Gasteiger partial charge is 0.155 e. The molecule has 4 rings (SSSR count). The first-order valence-corrected chi connectivity index (χ1v) is 6.32. The fraction of sp³-hybridized carbons (Fsp3) is 0.538. The molecule has 0 aromatic carbocycles. The van der Waals surface area contributed by atoms with Crippen LogP contribution in [-0.4, -0.2) is 27.7 Å². The molecule has 1 aliphatic heterocycles. The van der Waals surface area contributed by atoms with Gasteiger partial charge in [0.2, 0.25) is 0 Å². The topological polar surface area (TPSA) is 42.2 Å². The molecule has 1 N–H and O–H groups in total. The van der Waals surface area contributed by atoms with Crippen molar-refractivity contribution < 1.29 is 0 Å². The van der Waals surface area contributed by atoms with Gasteiger partial charge in [0.05, 0.1) is 0 Å². The molecule has 0 unspecified atom stereocenters. The average Bonchev–Trinajstić information content (AvgIpc) is 2.67. The summed E-state index contributed by atoms with van der Waals surface area (Å²) in [6, 6.07) is 4.25. The average molecular weight is 228 g/mol. The number of hydrogen-bond donors (Lipinski definition) is 1. The third kappa shape index (κ3) is 1.47. The van der Waals surface area contributed by atoms with Crippen LogP contribution in [0.2, 0.25) is 0 Å². The van der Waals surface area contributed by atoms with Gasteiger partial charge in [0.1, 0.15) is 6.33 Å². The molecule has 1 saturated carbocycles. The van der Waals surface area contributed by atoms with Crippen LogP contribution in [-0.2, 0) is 6.42 Å². The maximum absolute atomic E-state index is 4.18. The van der Waals surface area contributed by atoms with Crippen molar-refractivity contribution in [2.24, 2.45) is 11.3 Å². The molecule has 2 fully saturated rings. The highest BCUT2D eigenvalue weighted by atomic mass is 15.3. The Balaban J connectivity index is 1.48. The van der Waals surface area contributed by atoms with E-state index in [1.54, 1.807) is 6.33 Å². The van der Waals surface area contributed by atoms with E-state index in [9.17, 15) is 0 Å². The van der Waals surface area contributed by atoms with E-state index in [4.69, 9.17) is 0 Å². The Kier molecular flexibility index (Phi) is 1.86. The van der Waals surface area contributed by atoms with Gasteiger partial charge >= 0.3 is 0 Å². The predicted molar refractivity (Wildman–Crippen MR) is 64.7 cm³/mol. The molecule has 4 nitrogen and oxygen atoms in total. The van der Waals surface area contributed by atoms with E-state index in [-0.39, 0.29) is 0 Å². The summed E-state index contributed by atoms with van der Waals surface area (Å²) in [6.07, 6.45) is 7.71. The third-order valence-electron chi connectivity index (χ3n) is 4.30. The molecule has 2 aromatic heterocycles. The summed E-state index contributed by atoms with van der Waals surface area (Å²) in [5, 5.41) is 7.57. The van der Waals surface area contributed by atoms with Crippen molar-refractivity contribution in [3.05, 3.63) is 30.2 Å². The Hall–Kier alpha value is -1.42. The maximum Gasteiger partial charge on any atom is 0.155 e. The van der Waals surface area contributed by atoms with Crippen molar-refractivity contribution in [1.82, 2.24) is 19.9 Å². The molecule has 2 aromatic rings. The van der Waals surface area contributed by atoms with Crippen molar-refractivity contribution in [1.29, 1.82) is 0 Å². The Labute approximate surface area is 100 Å². The molecule has 0 radical (unpaired) electrons. The summed E-state index contributed by atoms with van der Waals surface area (Å²) in [5.74, 6) is 0.873. The Morgan fingerprint density at radius 1 is 1.35 bits per heavy atom. The zero-order chi connectivity index (χ0) is 11.3. The fourth-order valence-electron chi connectivity index (χ4n) is 3.39. The second kappa shape index (κ2) is 3.29. The second-order valence-corrected chi connectivity index (χ2v) is 5.68. The number of pyridine rings is 1. The molecule has 0 atom stereocenters. The van der Waals surface area contributed by atoms with Gasteiger partial charge < -0.3 is 5.32 Å². The highest BCUT2D eigenvalue weighted by Gasteiger charge is 2.47. The minimum Gasteiger partial charge on any atom is -0.316 e. The molecule has 88 valence electrons. The molecule has 1 aliphatic carbocycles. The SMILES string of the molecule is c1nc2ccc(CC3CC4(CNC4)C3)cn2n1. The lowest BCUT2D eigenvalue weighted by Crippen LogP contribution is -2.60. The van der Waals surface area contributed by atoms with Crippen molar-refractivity contribution in [2.75, 3.05) is 13.1 Å². The Morgan fingerprint density at radius 3 is 3.00 bits per heavy atom. The molecule has 4 heteroatoms. The summed E-state index contributed by atoms with van der Waals surface area (Å²) in [6.45, 7) is 2.48. The van der Waals surface area contributed by atoms with Crippen LogP contribution in [0.25, 0.3) is 5.65 Å². The van der Waals surface area contributed by atoms with Crippen LogP contribution in [0.1, 0.15) is 18.4 Å². The minimum absolute atomic E-state index is 0.683. The second-order valence-electron chi connectivity index (χ2n) is 5.68. The lowest BCUT2D eigenvalue weighted by Gasteiger charge is -2.54. The fourth-order valence-corrected chi connectivity index (χ4v) is 3.39. The van der Waals surface area contributed by atoms with Gasteiger partial charge in [-0.1, -0.05) is 6.07 Å². The number of aromatic nitrogens is 3. The number of rotatable bonds is 2. The van der Waals surface area contributed by atoms with Crippen molar-refractivity contribution in [3.63, 3.8) is 0 Å². The number of nitrogens with zero attached hydrogens (tertiary/aromatic N) is 3. The van der Waals surface area contributed by atoms with Crippen molar-refractivity contribution >= 4 is 5.65 Å². The van der Waals surface area contributed by atoms with Crippen LogP contribution in [0.3, 0.4) is 0 Å². The van der Waals surface area contributed by atoms with E-state index in [1.807, 2.05) is 4.52 Å². The minimum atomic E-state index is 0.683. The summed E-state index contributed by atoms with van der Waals surface area (Å²) >= 11 is 0. The normalized spacial score (nSPS) is 22.6. The van der Waals surface area contributed by atoms with Gasteiger partial charge in [-0.25, -0.2) is 9.50 Å². The maximum atomic E-state index is 4.18. The first-order valence-electron chi connectivity index (χ1n) is 6.32. The Morgan fingerprint density at radius 2 is 2.24 bits per heavy atom. The number of hydrogen-bond acceptors (Lipinski definition) is 3. The van der Waals surface area contributed by atoms with Gasteiger partial charge in [-0.2, -0.15) is 5.10 Å². The molecule has 17 heavy (non-hydrogen) atoms. The monoisotopic (exact) mass is 228 g/mol. The van der Waals surface area contributed by atoms with E-state index in [1.165, 1.54) is 37.9 Å². The summed E-state index contributed by atoms with van der Waals surface area (Å²) in [4.78, 5) is 4.16. The van der Waals surface area contributed by atoms with Gasteiger partial charge in [0.25, 0.3) is 0 Å².